The van der Waals surface area contributed by atoms with Gasteiger partial charge in [0.25, 0.3) is 0 Å². The van der Waals surface area contributed by atoms with Gasteiger partial charge >= 0.3 is 0 Å². The molecule has 1 aromatic rings. The minimum absolute atomic E-state index is 0.113. The van der Waals surface area contributed by atoms with Crippen molar-refractivity contribution < 1.29 is 4.39 Å². The van der Waals surface area contributed by atoms with Gasteiger partial charge in [-0.15, -0.1) is 0 Å². The third-order valence-electron chi connectivity index (χ3n) is 4.49. The van der Waals surface area contributed by atoms with E-state index in [9.17, 15) is 4.39 Å². The van der Waals surface area contributed by atoms with Crippen LogP contribution in [0.2, 0.25) is 0 Å². The monoisotopic (exact) mass is 278 g/mol. The van der Waals surface area contributed by atoms with E-state index >= 15 is 0 Å². The Morgan fingerprint density at radius 3 is 2.90 bits per heavy atom. The first-order chi connectivity index (χ1) is 9.63. The zero-order valence-electron chi connectivity index (χ0n) is 12.7. The molecule has 0 aliphatic carbocycles. The summed E-state index contributed by atoms with van der Waals surface area (Å²) in [7, 11) is 0. The van der Waals surface area contributed by atoms with Gasteiger partial charge < -0.3 is 10.6 Å². The van der Waals surface area contributed by atoms with Crippen molar-refractivity contribution in [1.82, 2.24) is 0 Å². The van der Waals surface area contributed by atoms with Crippen LogP contribution in [0.15, 0.2) is 18.2 Å². The zero-order valence-corrected chi connectivity index (χ0v) is 12.7. The number of hydrogen-bond acceptors (Lipinski definition) is 2. The van der Waals surface area contributed by atoms with Crippen LogP contribution in [0.4, 0.5) is 10.1 Å². The minimum Gasteiger partial charge on any atom is -0.371 e. The molecule has 1 fully saturated rings. The Kier molecular flexibility index (Phi) is 5.41. The molecule has 1 aliphatic heterocycles. The van der Waals surface area contributed by atoms with E-state index in [0.717, 1.165) is 37.4 Å². The normalized spacial score (nSPS) is 21.0. The Balaban J connectivity index is 2.21. The van der Waals surface area contributed by atoms with Crippen molar-refractivity contribution >= 4 is 5.69 Å². The summed E-state index contributed by atoms with van der Waals surface area (Å²) in [4.78, 5) is 2.43. The number of nitrogens with two attached hydrogens (primary N) is 1. The molecule has 2 N–H and O–H groups in total. The lowest BCUT2D eigenvalue weighted by atomic mass is 9.94. The first-order valence-corrected chi connectivity index (χ1v) is 7.93. The SMILES string of the molecule is CCC(N)Cc1cc(F)ccc1N1CCCC(CC)C1. The minimum atomic E-state index is -0.156. The Morgan fingerprint density at radius 2 is 2.20 bits per heavy atom. The maximum Gasteiger partial charge on any atom is 0.123 e. The summed E-state index contributed by atoms with van der Waals surface area (Å²) < 4.78 is 13.6. The largest absolute Gasteiger partial charge is 0.371 e. The zero-order chi connectivity index (χ0) is 14.5. The maximum absolute atomic E-state index is 13.6. The van der Waals surface area contributed by atoms with Gasteiger partial charge in [0.2, 0.25) is 0 Å². The number of rotatable bonds is 5. The van der Waals surface area contributed by atoms with Gasteiger partial charge in [0.15, 0.2) is 0 Å². The first-order valence-electron chi connectivity index (χ1n) is 7.93. The van der Waals surface area contributed by atoms with Crippen LogP contribution in [0, 0.1) is 11.7 Å². The summed E-state index contributed by atoms with van der Waals surface area (Å²) in [6, 6.07) is 5.29. The summed E-state index contributed by atoms with van der Waals surface area (Å²) in [5, 5.41) is 0. The molecule has 2 nitrogen and oxygen atoms in total. The third kappa shape index (κ3) is 3.72. The van der Waals surface area contributed by atoms with Crippen LogP contribution in [0.3, 0.4) is 0 Å². The van der Waals surface area contributed by atoms with Gasteiger partial charge in [-0.25, -0.2) is 4.39 Å². The first kappa shape index (κ1) is 15.3. The van der Waals surface area contributed by atoms with Gasteiger partial charge in [0.1, 0.15) is 5.82 Å². The van der Waals surface area contributed by atoms with Crippen molar-refractivity contribution in [3.63, 3.8) is 0 Å². The van der Waals surface area contributed by atoms with Gasteiger partial charge in [0.05, 0.1) is 0 Å². The lowest BCUT2D eigenvalue weighted by Gasteiger charge is -2.35. The molecule has 0 spiro atoms. The molecule has 0 bridgehead atoms. The molecule has 0 saturated carbocycles. The fourth-order valence-corrected chi connectivity index (χ4v) is 3.07. The Hall–Kier alpha value is -1.09. The van der Waals surface area contributed by atoms with Crippen molar-refractivity contribution in [1.29, 1.82) is 0 Å². The Bertz CT molecular complexity index is 433. The van der Waals surface area contributed by atoms with Crippen molar-refractivity contribution in [2.24, 2.45) is 11.7 Å². The molecule has 2 rings (SSSR count). The smallest absolute Gasteiger partial charge is 0.123 e. The van der Waals surface area contributed by atoms with Crippen molar-refractivity contribution in [2.75, 3.05) is 18.0 Å². The molecule has 2 unspecified atom stereocenters. The number of halogens is 1. The molecule has 0 amide bonds. The van der Waals surface area contributed by atoms with Gasteiger partial charge in [0, 0.05) is 24.8 Å². The van der Waals surface area contributed by atoms with Crippen LogP contribution < -0.4 is 10.6 Å². The van der Waals surface area contributed by atoms with Gasteiger partial charge in [-0.3, -0.25) is 0 Å². The van der Waals surface area contributed by atoms with E-state index in [1.54, 1.807) is 12.1 Å². The van der Waals surface area contributed by atoms with Crippen LogP contribution in [-0.2, 0) is 6.42 Å². The molecule has 0 radical (unpaired) electrons. The molecule has 1 aliphatic rings. The van der Waals surface area contributed by atoms with Crippen molar-refractivity contribution in [3.8, 4) is 0 Å². The lowest BCUT2D eigenvalue weighted by molar-refractivity contribution is 0.404. The van der Waals surface area contributed by atoms with Crippen molar-refractivity contribution in [2.45, 2.75) is 52.0 Å². The average molecular weight is 278 g/mol. The highest BCUT2D eigenvalue weighted by Gasteiger charge is 2.21. The molecule has 112 valence electrons. The van der Waals surface area contributed by atoms with E-state index in [1.807, 2.05) is 6.07 Å². The topological polar surface area (TPSA) is 29.3 Å². The highest BCUT2D eigenvalue weighted by atomic mass is 19.1. The van der Waals surface area contributed by atoms with Gasteiger partial charge in [-0.05, 0) is 55.4 Å². The van der Waals surface area contributed by atoms with Crippen LogP contribution in [-0.4, -0.2) is 19.1 Å². The third-order valence-corrected chi connectivity index (χ3v) is 4.49. The summed E-state index contributed by atoms with van der Waals surface area (Å²) in [6.07, 6.45) is 5.46. The molecular weight excluding hydrogens is 251 g/mol. The predicted octanol–water partition coefficient (Wildman–Crippen LogP) is 3.73. The van der Waals surface area contributed by atoms with Gasteiger partial charge in [-0.1, -0.05) is 20.3 Å². The van der Waals surface area contributed by atoms with E-state index in [-0.39, 0.29) is 11.9 Å². The standard InChI is InChI=1S/C17H27FN2/c1-3-13-6-5-9-20(12-13)17-8-7-15(18)10-14(17)11-16(19)4-2/h7-8,10,13,16H,3-6,9,11-12,19H2,1-2H3. The van der Waals surface area contributed by atoms with Crippen LogP contribution in [0.25, 0.3) is 0 Å². The molecule has 2 atom stereocenters. The summed E-state index contributed by atoms with van der Waals surface area (Å²) >= 11 is 0. The predicted molar refractivity (Wildman–Crippen MR) is 83.6 cm³/mol. The van der Waals surface area contributed by atoms with E-state index in [1.165, 1.54) is 24.9 Å². The molecule has 20 heavy (non-hydrogen) atoms. The Labute approximate surface area is 122 Å². The maximum atomic E-state index is 13.6. The lowest BCUT2D eigenvalue weighted by Crippen LogP contribution is -2.36. The van der Waals surface area contributed by atoms with E-state index in [0.29, 0.717) is 0 Å². The summed E-state index contributed by atoms with van der Waals surface area (Å²) in [5.74, 6) is 0.609. The highest BCUT2D eigenvalue weighted by Crippen LogP contribution is 2.29. The fraction of sp³-hybridized carbons (Fsp3) is 0.647. The molecule has 1 aromatic carbocycles. The second-order valence-electron chi connectivity index (χ2n) is 6.01. The molecule has 0 aromatic heterocycles. The van der Waals surface area contributed by atoms with Crippen LogP contribution in [0.1, 0.15) is 45.1 Å². The van der Waals surface area contributed by atoms with Crippen LogP contribution in [0.5, 0.6) is 0 Å². The average Bonchev–Trinajstić information content (AvgIpc) is 2.47. The second-order valence-corrected chi connectivity index (χ2v) is 6.01. The van der Waals surface area contributed by atoms with Crippen LogP contribution >= 0.6 is 0 Å². The van der Waals surface area contributed by atoms with Gasteiger partial charge in [-0.2, -0.15) is 0 Å². The number of piperidine rings is 1. The fourth-order valence-electron chi connectivity index (χ4n) is 3.07. The summed E-state index contributed by atoms with van der Waals surface area (Å²) in [6.45, 7) is 6.51. The number of nitrogens with zero attached hydrogens (tertiary/aromatic N) is 1. The number of hydrogen-bond donors (Lipinski definition) is 1. The Morgan fingerprint density at radius 1 is 1.40 bits per heavy atom. The van der Waals surface area contributed by atoms with Crippen molar-refractivity contribution in [3.05, 3.63) is 29.6 Å². The molecule has 1 heterocycles. The number of benzene rings is 1. The summed E-state index contributed by atoms with van der Waals surface area (Å²) in [5.41, 5.74) is 8.32. The molecule has 1 saturated heterocycles. The molecular formula is C17H27FN2. The highest BCUT2D eigenvalue weighted by molar-refractivity contribution is 5.54. The van der Waals surface area contributed by atoms with E-state index in [2.05, 4.69) is 18.7 Å². The van der Waals surface area contributed by atoms with E-state index in [4.69, 9.17) is 5.73 Å². The molecule has 3 heteroatoms. The second kappa shape index (κ2) is 7.07. The number of anilines is 1. The van der Waals surface area contributed by atoms with E-state index < -0.39 is 0 Å². The quantitative estimate of drug-likeness (QED) is 0.889.